The Morgan fingerprint density at radius 2 is 1.90 bits per heavy atom. The van der Waals surface area contributed by atoms with Crippen molar-refractivity contribution < 1.29 is 14.3 Å². The fraction of sp³-hybridized carbons (Fsp3) is 0.125. The molecule has 0 radical (unpaired) electrons. The number of hydrogen-bond donors (Lipinski definition) is 1. The number of rotatable bonds is 5. The van der Waals surface area contributed by atoms with Crippen LogP contribution in [-0.4, -0.2) is 18.4 Å². The second-order valence-electron chi connectivity index (χ2n) is 7.22. The summed E-state index contributed by atoms with van der Waals surface area (Å²) < 4.78 is 5.91. The zero-order valence-electron chi connectivity index (χ0n) is 16.4. The van der Waals surface area contributed by atoms with E-state index in [9.17, 15) is 14.9 Å². The number of para-hydroxylation sites is 1. The average molecular weight is 432 g/mol. The molecular weight excluding hydrogens is 414 g/mol. The summed E-state index contributed by atoms with van der Waals surface area (Å²) in [6.07, 6.45) is 0.304. The van der Waals surface area contributed by atoms with Gasteiger partial charge in [-0.25, -0.2) is 0 Å². The van der Waals surface area contributed by atoms with E-state index < -0.39 is 5.91 Å². The molecule has 0 aliphatic carbocycles. The van der Waals surface area contributed by atoms with Crippen LogP contribution in [-0.2, 0) is 4.79 Å². The molecule has 1 heterocycles. The molecule has 6 nitrogen and oxygen atoms in total. The van der Waals surface area contributed by atoms with Crippen molar-refractivity contribution in [2.75, 3.05) is 11.4 Å². The van der Waals surface area contributed by atoms with E-state index in [-0.39, 0.29) is 11.8 Å². The lowest BCUT2D eigenvalue weighted by Crippen LogP contribution is -2.24. The first kappa shape index (κ1) is 20.5. The Kier molecular flexibility index (Phi) is 5.61. The zero-order valence-corrected chi connectivity index (χ0v) is 17.2. The molecule has 0 saturated carbocycles. The lowest BCUT2D eigenvalue weighted by Gasteiger charge is -2.18. The highest BCUT2D eigenvalue weighted by Gasteiger charge is 2.32. The molecule has 3 aromatic rings. The van der Waals surface area contributed by atoms with Crippen molar-refractivity contribution in [3.8, 4) is 17.6 Å². The number of carbonyl (C=O) groups excluding carboxylic acids is 2. The minimum atomic E-state index is -0.543. The van der Waals surface area contributed by atoms with Gasteiger partial charge < -0.3 is 15.4 Å². The van der Waals surface area contributed by atoms with E-state index >= 15 is 0 Å². The molecule has 3 aromatic carbocycles. The lowest BCUT2D eigenvalue weighted by atomic mass is 9.96. The van der Waals surface area contributed by atoms with Crippen molar-refractivity contribution in [1.29, 1.82) is 5.26 Å². The SMILES string of the molecule is N#Cc1ccc([C@H]2CC(=O)N(c3cccc(C(N)=O)c3)C2)cc1Oc1ccccc1Cl. The topological polar surface area (TPSA) is 96.4 Å². The molecule has 1 aliphatic heterocycles. The number of nitrogens with two attached hydrogens (primary N) is 1. The van der Waals surface area contributed by atoms with Crippen LogP contribution < -0.4 is 15.4 Å². The van der Waals surface area contributed by atoms with Crippen LogP contribution in [0.2, 0.25) is 5.02 Å². The number of hydrogen-bond acceptors (Lipinski definition) is 4. The molecule has 7 heteroatoms. The zero-order chi connectivity index (χ0) is 22.0. The number of halogens is 1. The maximum Gasteiger partial charge on any atom is 0.248 e. The summed E-state index contributed by atoms with van der Waals surface area (Å²) in [6.45, 7) is 0.443. The van der Waals surface area contributed by atoms with E-state index in [2.05, 4.69) is 6.07 Å². The molecule has 0 aromatic heterocycles. The first-order valence-corrected chi connectivity index (χ1v) is 10.0. The van der Waals surface area contributed by atoms with Gasteiger partial charge in [0.25, 0.3) is 0 Å². The summed E-state index contributed by atoms with van der Waals surface area (Å²) in [6, 6.07) is 21.2. The number of nitriles is 1. The van der Waals surface area contributed by atoms with Gasteiger partial charge in [-0.05, 0) is 48.0 Å². The quantitative estimate of drug-likeness (QED) is 0.637. The Labute approximate surface area is 184 Å². The first-order valence-electron chi connectivity index (χ1n) is 9.63. The molecule has 2 amide bonds. The number of carbonyl (C=O) groups is 2. The minimum absolute atomic E-state index is 0.0513. The number of anilines is 1. The normalized spacial score (nSPS) is 15.5. The van der Waals surface area contributed by atoms with E-state index in [0.717, 1.165) is 5.56 Å². The van der Waals surface area contributed by atoms with E-state index in [4.69, 9.17) is 22.1 Å². The van der Waals surface area contributed by atoms with Crippen molar-refractivity contribution >= 4 is 29.1 Å². The van der Waals surface area contributed by atoms with Crippen molar-refractivity contribution in [3.05, 3.63) is 88.4 Å². The summed E-state index contributed by atoms with van der Waals surface area (Å²) >= 11 is 6.19. The fourth-order valence-electron chi connectivity index (χ4n) is 3.62. The number of benzene rings is 3. The summed E-state index contributed by atoms with van der Waals surface area (Å²) in [7, 11) is 0. The molecule has 1 saturated heterocycles. The summed E-state index contributed by atoms with van der Waals surface area (Å²) in [5, 5.41) is 9.90. The molecule has 1 fully saturated rings. The van der Waals surface area contributed by atoms with Crippen LogP contribution in [0.3, 0.4) is 0 Å². The van der Waals surface area contributed by atoms with Crippen molar-refractivity contribution in [2.45, 2.75) is 12.3 Å². The van der Waals surface area contributed by atoms with Gasteiger partial charge in [0.2, 0.25) is 11.8 Å². The molecule has 0 spiro atoms. The van der Waals surface area contributed by atoms with Crippen LogP contribution in [0, 0.1) is 11.3 Å². The van der Waals surface area contributed by atoms with Gasteiger partial charge in [-0.15, -0.1) is 0 Å². The van der Waals surface area contributed by atoms with Gasteiger partial charge in [0, 0.05) is 30.1 Å². The second-order valence-corrected chi connectivity index (χ2v) is 7.63. The van der Waals surface area contributed by atoms with Gasteiger partial charge >= 0.3 is 0 Å². The van der Waals surface area contributed by atoms with Crippen molar-refractivity contribution in [1.82, 2.24) is 0 Å². The van der Waals surface area contributed by atoms with Crippen LogP contribution in [0.15, 0.2) is 66.7 Å². The molecule has 31 heavy (non-hydrogen) atoms. The van der Waals surface area contributed by atoms with Crippen molar-refractivity contribution in [3.63, 3.8) is 0 Å². The third-order valence-electron chi connectivity index (χ3n) is 5.22. The van der Waals surface area contributed by atoms with E-state index in [1.165, 1.54) is 0 Å². The van der Waals surface area contributed by atoms with Gasteiger partial charge in [0.05, 0.1) is 10.6 Å². The molecule has 1 atom stereocenters. The third-order valence-corrected chi connectivity index (χ3v) is 5.53. The minimum Gasteiger partial charge on any atom is -0.454 e. The lowest BCUT2D eigenvalue weighted by molar-refractivity contribution is -0.117. The Balaban J connectivity index is 1.61. The number of ether oxygens (including phenoxy) is 1. The monoisotopic (exact) mass is 431 g/mol. The van der Waals surface area contributed by atoms with Gasteiger partial charge in [0.15, 0.2) is 0 Å². The Bertz CT molecular complexity index is 1220. The second kappa shape index (κ2) is 8.50. The van der Waals surface area contributed by atoms with Gasteiger partial charge in [-0.2, -0.15) is 5.26 Å². The van der Waals surface area contributed by atoms with E-state index in [0.29, 0.717) is 46.3 Å². The summed E-state index contributed by atoms with van der Waals surface area (Å²) in [5.74, 6) is 0.147. The van der Waals surface area contributed by atoms with Gasteiger partial charge in [0.1, 0.15) is 17.6 Å². The molecule has 1 aliphatic rings. The highest BCUT2D eigenvalue weighted by Crippen LogP contribution is 2.36. The molecular formula is C24H18ClN3O3. The summed E-state index contributed by atoms with van der Waals surface area (Å²) in [5.41, 5.74) is 7.59. The van der Waals surface area contributed by atoms with Crippen molar-refractivity contribution in [2.24, 2.45) is 5.73 Å². The fourth-order valence-corrected chi connectivity index (χ4v) is 3.80. The largest absolute Gasteiger partial charge is 0.454 e. The van der Waals surface area contributed by atoms with Crippen LogP contribution in [0.5, 0.6) is 11.5 Å². The molecule has 154 valence electrons. The first-order chi connectivity index (χ1) is 15.0. The number of primary amides is 1. The molecule has 2 N–H and O–H groups in total. The van der Waals surface area contributed by atoms with Crippen LogP contribution >= 0.6 is 11.6 Å². The van der Waals surface area contributed by atoms with E-state index in [1.807, 2.05) is 6.07 Å². The Morgan fingerprint density at radius 3 is 2.65 bits per heavy atom. The maximum absolute atomic E-state index is 12.7. The van der Waals surface area contributed by atoms with Crippen LogP contribution in [0.25, 0.3) is 0 Å². The van der Waals surface area contributed by atoms with Gasteiger partial charge in [-0.3, -0.25) is 9.59 Å². The summed E-state index contributed by atoms with van der Waals surface area (Å²) in [4.78, 5) is 25.8. The molecule has 0 bridgehead atoms. The number of amides is 2. The highest BCUT2D eigenvalue weighted by atomic mass is 35.5. The predicted molar refractivity (Wildman–Crippen MR) is 117 cm³/mol. The molecule has 4 rings (SSSR count). The molecule has 0 unspecified atom stereocenters. The Hall–Kier alpha value is -3.82. The third kappa shape index (κ3) is 4.23. The smallest absolute Gasteiger partial charge is 0.248 e. The maximum atomic E-state index is 12.7. The Morgan fingerprint density at radius 1 is 1.10 bits per heavy atom. The standard InChI is InChI=1S/C24H18ClN3O3/c25-20-6-1-2-7-21(20)31-22-11-15(8-9-17(22)13-26)18-12-23(29)28(14-18)19-5-3-4-16(10-19)24(27)30/h1-11,18H,12,14H2,(H2,27,30)/t18-/m0/s1. The van der Waals surface area contributed by atoms with Crippen LogP contribution in [0.4, 0.5) is 5.69 Å². The van der Waals surface area contributed by atoms with Gasteiger partial charge in [-0.1, -0.05) is 35.9 Å². The predicted octanol–water partition coefficient (Wildman–Crippen LogP) is 4.62. The highest BCUT2D eigenvalue weighted by molar-refractivity contribution is 6.32. The number of nitrogens with zero attached hydrogens (tertiary/aromatic N) is 2. The van der Waals surface area contributed by atoms with E-state index in [1.54, 1.807) is 65.6 Å². The van der Waals surface area contributed by atoms with Crippen LogP contribution in [0.1, 0.15) is 33.8 Å². The average Bonchev–Trinajstić information content (AvgIpc) is 3.17.